The molecule has 0 aromatic heterocycles. The molecule has 1 amide bonds. The number of amides is 1. The first-order valence-electron chi connectivity index (χ1n) is 15.9. The van der Waals surface area contributed by atoms with Crippen LogP contribution in [0.3, 0.4) is 0 Å². The predicted octanol–water partition coefficient (Wildman–Crippen LogP) is 8.94. The van der Waals surface area contributed by atoms with Gasteiger partial charge in [-0.2, -0.15) is 0 Å². The van der Waals surface area contributed by atoms with E-state index < -0.39 is 17.3 Å². The quantitative estimate of drug-likeness (QED) is 0.315. The van der Waals surface area contributed by atoms with Crippen molar-refractivity contribution < 1.29 is 23.8 Å². The number of rotatable bonds is 2. The molecule has 1 aliphatic heterocycles. The van der Waals surface area contributed by atoms with E-state index in [0.717, 1.165) is 67.3 Å². The van der Waals surface area contributed by atoms with E-state index >= 15 is 0 Å². The molecule has 232 valence electrons. The lowest BCUT2D eigenvalue weighted by Crippen LogP contribution is -2.53. The van der Waals surface area contributed by atoms with Crippen molar-refractivity contribution in [2.24, 2.45) is 29.1 Å². The minimum absolute atomic E-state index is 0.0609. The number of carbonyl (C=O) groups excluding carboxylic acids is 2. The molecule has 0 unspecified atom stereocenters. The standard InChI is InChI=1S/C21H28O2.C16H13BrFNO2/c1-3-20-11-9-17-16-8-6-15(22)13-14(16)5-7-18(17)19(20)10-12-21(20,23)4-2;1-16(2)13-7-9(3-4-14(13)19-15(20)21-16)10-5-11(17)8-12(18)6-10/h2,13,16-19,23H,3,5-12H2,1H3;3-8H,1-2H3,(H,19,20)/t16-,17+,18+,19-,20-,21-;/m0./s1. The van der Waals surface area contributed by atoms with Crippen LogP contribution >= 0.6 is 15.9 Å². The topological polar surface area (TPSA) is 75.6 Å². The monoisotopic (exact) mass is 661 g/mol. The zero-order valence-corrected chi connectivity index (χ0v) is 27.3. The van der Waals surface area contributed by atoms with Crippen molar-refractivity contribution >= 4 is 33.5 Å². The molecule has 2 N–H and O–H groups in total. The number of ketones is 1. The molecule has 5 aliphatic rings. The van der Waals surface area contributed by atoms with Gasteiger partial charge in [0.05, 0.1) is 5.69 Å². The van der Waals surface area contributed by atoms with Crippen LogP contribution in [0.15, 0.2) is 52.5 Å². The third kappa shape index (κ3) is 5.22. The van der Waals surface area contributed by atoms with Gasteiger partial charge in [0.25, 0.3) is 0 Å². The summed E-state index contributed by atoms with van der Waals surface area (Å²) in [5.41, 5.74) is 2.95. The van der Waals surface area contributed by atoms with Crippen LogP contribution in [0.25, 0.3) is 11.1 Å². The second kappa shape index (κ2) is 11.4. The van der Waals surface area contributed by atoms with E-state index in [2.05, 4.69) is 34.1 Å². The second-order valence-corrected chi connectivity index (χ2v) is 14.8. The van der Waals surface area contributed by atoms with Gasteiger partial charge < -0.3 is 9.84 Å². The lowest BCUT2D eigenvalue weighted by Gasteiger charge is -2.55. The average Bonchev–Trinajstić information content (AvgIpc) is 3.29. The molecule has 3 fully saturated rings. The van der Waals surface area contributed by atoms with Crippen LogP contribution < -0.4 is 5.32 Å². The number of fused-ring (bicyclic) bond motifs is 6. The van der Waals surface area contributed by atoms with Crippen molar-refractivity contribution in [1.29, 1.82) is 0 Å². The minimum atomic E-state index is -0.893. The molecule has 7 heteroatoms. The van der Waals surface area contributed by atoms with Crippen LogP contribution in [0.2, 0.25) is 0 Å². The number of benzene rings is 2. The van der Waals surface area contributed by atoms with Gasteiger partial charge in [0.1, 0.15) is 17.0 Å². The van der Waals surface area contributed by atoms with E-state index in [0.29, 0.717) is 33.9 Å². The van der Waals surface area contributed by atoms with Gasteiger partial charge in [0.2, 0.25) is 0 Å². The molecule has 3 saturated carbocycles. The number of carbonyl (C=O) groups is 2. The third-order valence-corrected chi connectivity index (χ3v) is 11.9. The van der Waals surface area contributed by atoms with Crippen LogP contribution in [-0.2, 0) is 15.1 Å². The molecule has 4 aliphatic carbocycles. The maximum atomic E-state index is 13.5. The van der Waals surface area contributed by atoms with Gasteiger partial charge in [-0.25, -0.2) is 9.18 Å². The summed E-state index contributed by atoms with van der Waals surface area (Å²) in [4.78, 5) is 23.2. The SMILES string of the molecule is C#C[C@]1(O)CC[C@H]2[C@@H]3CCC4=CC(=O)CC[C@@H]4[C@H]3CC[C@@]21CC.CC1(C)OC(=O)Nc2ccc(-c3cc(F)cc(Br)c3)cc21. The molecule has 0 bridgehead atoms. The van der Waals surface area contributed by atoms with Crippen molar-refractivity contribution in [3.63, 3.8) is 0 Å². The molecule has 2 aromatic rings. The number of nitrogens with one attached hydrogen (secondary N) is 1. The molecule has 5 nitrogen and oxygen atoms in total. The molecule has 2 aromatic carbocycles. The van der Waals surface area contributed by atoms with Crippen molar-refractivity contribution in [3.05, 3.63) is 63.9 Å². The highest BCUT2D eigenvalue weighted by Crippen LogP contribution is 2.66. The Labute approximate surface area is 268 Å². The van der Waals surface area contributed by atoms with E-state index in [9.17, 15) is 19.1 Å². The number of anilines is 1. The summed E-state index contributed by atoms with van der Waals surface area (Å²) in [5, 5.41) is 13.8. The van der Waals surface area contributed by atoms with Gasteiger partial charge in [-0.3, -0.25) is 10.1 Å². The number of cyclic esters (lactones) is 1. The van der Waals surface area contributed by atoms with Gasteiger partial charge in [0, 0.05) is 21.9 Å². The molecule has 6 atom stereocenters. The maximum absolute atomic E-state index is 13.5. The van der Waals surface area contributed by atoms with Crippen molar-refractivity contribution in [1.82, 2.24) is 0 Å². The van der Waals surface area contributed by atoms with Crippen LogP contribution in [0.4, 0.5) is 14.9 Å². The Morgan fingerprint density at radius 2 is 1.84 bits per heavy atom. The fraction of sp³-hybridized carbons (Fsp3) is 0.514. The molecule has 44 heavy (non-hydrogen) atoms. The van der Waals surface area contributed by atoms with Crippen LogP contribution in [0, 0.1) is 47.2 Å². The van der Waals surface area contributed by atoms with E-state index in [1.807, 2.05) is 44.2 Å². The number of halogens is 2. The van der Waals surface area contributed by atoms with Crippen LogP contribution in [0.1, 0.15) is 84.1 Å². The summed E-state index contributed by atoms with van der Waals surface area (Å²) in [6, 6.07) is 10.3. The summed E-state index contributed by atoms with van der Waals surface area (Å²) < 4.78 is 19.5. The highest BCUT2D eigenvalue weighted by atomic mass is 79.9. The van der Waals surface area contributed by atoms with Gasteiger partial charge in [0.15, 0.2) is 5.78 Å². The molecule has 0 spiro atoms. The number of terminal acetylenes is 1. The first-order valence-corrected chi connectivity index (χ1v) is 16.7. The minimum Gasteiger partial charge on any atom is -0.438 e. The van der Waals surface area contributed by atoms with E-state index in [4.69, 9.17) is 11.2 Å². The Balaban J connectivity index is 0.000000157. The second-order valence-electron chi connectivity index (χ2n) is 13.8. The zero-order valence-electron chi connectivity index (χ0n) is 25.7. The number of ether oxygens (including phenoxy) is 1. The number of allylic oxidation sites excluding steroid dienone is 1. The number of aliphatic hydroxyl groups is 1. The van der Waals surface area contributed by atoms with Crippen molar-refractivity contribution in [3.8, 4) is 23.5 Å². The van der Waals surface area contributed by atoms with Gasteiger partial charge in [-0.15, -0.1) is 6.42 Å². The van der Waals surface area contributed by atoms with Crippen LogP contribution in [-0.4, -0.2) is 22.6 Å². The average molecular weight is 663 g/mol. The molecule has 0 radical (unpaired) electrons. The molecule has 0 saturated heterocycles. The highest BCUT2D eigenvalue weighted by Gasteiger charge is 2.63. The molecular formula is C37H41BrFNO4. The maximum Gasteiger partial charge on any atom is 0.412 e. The normalized spacial score (nSPS) is 33.1. The Kier molecular flexibility index (Phi) is 8.08. The smallest absolute Gasteiger partial charge is 0.412 e. The first-order chi connectivity index (χ1) is 20.9. The fourth-order valence-electron chi connectivity index (χ4n) is 9.43. The van der Waals surface area contributed by atoms with E-state index in [-0.39, 0.29) is 11.2 Å². The largest absolute Gasteiger partial charge is 0.438 e. The lowest BCUT2D eigenvalue weighted by atomic mass is 9.49. The lowest BCUT2D eigenvalue weighted by molar-refractivity contribution is -0.117. The fourth-order valence-corrected chi connectivity index (χ4v) is 9.90. The van der Waals surface area contributed by atoms with Gasteiger partial charge >= 0.3 is 6.09 Å². The summed E-state index contributed by atoms with van der Waals surface area (Å²) in [5.74, 6) is 5.43. The number of hydrogen-bond acceptors (Lipinski definition) is 4. The Bertz CT molecular complexity index is 1560. The van der Waals surface area contributed by atoms with Crippen molar-refractivity contribution in [2.45, 2.75) is 89.8 Å². The highest BCUT2D eigenvalue weighted by molar-refractivity contribution is 9.10. The Hall–Kier alpha value is -2.95. The molecular weight excluding hydrogens is 621 g/mol. The van der Waals surface area contributed by atoms with E-state index in [1.54, 1.807) is 0 Å². The summed E-state index contributed by atoms with van der Waals surface area (Å²) in [7, 11) is 0. The van der Waals surface area contributed by atoms with Crippen LogP contribution in [0.5, 0.6) is 0 Å². The predicted molar refractivity (Wildman–Crippen MR) is 173 cm³/mol. The van der Waals surface area contributed by atoms with Crippen molar-refractivity contribution in [2.75, 3.05) is 5.32 Å². The molecule has 7 rings (SSSR count). The third-order valence-electron chi connectivity index (χ3n) is 11.5. The summed E-state index contributed by atoms with van der Waals surface area (Å²) in [6.45, 7) is 5.88. The van der Waals surface area contributed by atoms with Gasteiger partial charge in [-0.1, -0.05) is 40.4 Å². The first kappa shape index (κ1) is 31.0. The van der Waals surface area contributed by atoms with E-state index in [1.165, 1.54) is 30.5 Å². The summed E-state index contributed by atoms with van der Waals surface area (Å²) in [6.07, 6.45) is 16.4. The Morgan fingerprint density at radius 1 is 1.05 bits per heavy atom. The summed E-state index contributed by atoms with van der Waals surface area (Å²) >= 11 is 3.29. The Morgan fingerprint density at radius 3 is 2.57 bits per heavy atom. The molecule has 1 heterocycles. The van der Waals surface area contributed by atoms with Gasteiger partial charge in [-0.05, 0) is 136 Å². The zero-order chi connectivity index (χ0) is 31.4. The number of hydrogen-bond donors (Lipinski definition) is 2.